The van der Waals surface area contributed by atoms with Crippen molar-refractivity contribution in [1.82, 2.24) is 20.5 Å². The zero-order valence-corrected chi connectivity index (χ0v) is 9.74. The summed E-state index contributed by atoms with van der Waals surface area (Å²) in [4.78, 5) is 6.89. The van der Waals surface area contributed by atoms with Crippen molar-refractivity contribution in [3.63, 3.8) is 0 Å². The molecule has 0 amide bonds. The summed E-state index contributed by atoms with van der Waals surface area (Å²) in [7, 11) is 0. The summed E-state index contributed by atoms with van der Waals surface area (Å²) >= 11 is 0. The van der Waals surface area contributed by atoms with Gasteiger partial charge in [-0.3, -0.25) is 5.10 Å². The summed E-state index contributed by atoms with van der Waals surface area (Å²) in [5.74, 6) is 2.62. The van der Waals surface area contributed by atoms with Crippen molar-refractivity contribution >= 4 is 5.95 Å². The molecular weight excluding hydrogens is 202 g/mol. The Morgan fingerprint density at radius 1 is 1.38 bits per heavy atom. The standard InChI is InChI=1S/C11H19N5/c1-8-7-16(6-5-12-8)11-13-10(14-15-11)9-3-2-4-9/h8-9,12H,2-7H2,1H3,(H,13,14,15). The third-order valence-corrected chi connectivity index (χ3v) is 3.63. The number of hydrogen-bond donors (Lipinski definition) is 2. The van der Waals surface area contributed by atoms with Gasteiger partial charge >= 0.3 is 0 Å². The molecule has 1 saturated carbocycles. The van der Waals surface area contributed by atoms with E-state index in [9.17, 15) is 0 Å². The zero-order valence-electron chi connectivity index (χ0n) is 9.74. The largest absolute Gasteiger partial charge is 0.337 e. The van der Waals surface area contributed by atoms with Crippen molar-refractivity contribution in [2.24, 2.45) is 0 Å². The van der Waals surface area contributed by atoms with Gasteiger partial charge in [-0.15, -0.1) is 5.10 Å². The lowest BCUT2D eigenvalue weighted by molar-refractivity contribution is 0.402. The van der Waals surface area contributed by atoms with Gasteiger partial charge in [-0.05, 0) is 19.8 Å². The fraction of sp³-hybridized carbons (Fsp3) is 0.818. The van der Waals surface area contributed by atoms with Gasteiger partial charge in [0, 0.05) is 31.6 Å². The van der Waals surface area contributed by atoms with Crippen LogP contribution < -0.4 is 10.2 Å². The number of nitrogens with one attached hydrogen (secondary N) is 2. The van der Waals surface area contributed by atoms with Crippen LogP contribution >= 0.6 is 0 Å². The van der Waals surface area contributed by atoms with Gasteiger partial charge in [0.2, 0.25) is 5.95 Å². The van der Waals surface area contributed by atoms with Crippen molar-refractivity contribution in [2.45, 2.75) is 38.1 Å². The average Bonchev–Trinajstić information content (AvgIpc) is 2.64. The van der Waals surface area contributed by atoms with Crippen molar-refractivity contribution in [3.05, 3.63) is 5.82 Å². The van der Waals surface area contributed by atoms with E-state index in [1.165, 1.54) is 19.3 Å². The van der Waals surface area contributed by atoms with Crippen LogP contribution in [-0.2, 0) is 0 Å². The van der Waals surface area contributed by atoms with E-state index in [0.29, 0.717) is 12.0 Å². The van der Waals surface area contributed by atoms with E-state index >= 15 is 0 Å². The monoisotopic (exact) mass is 221 g/mol. The molecule has 1 saturated heterocycles. The van der Waals surface area contributed by atoms with Gasteiger partial charge in [0.25, 0.3) is 0 Å². The van der Waals surface area contributed by atoms with E-state index in [1.807, 2.05) is 0 Å². The first kappa shape index (κ1) is 10.1. The Balaban J connectivity index is 1.70. The van der Waals surface area contributed by atoms with Crippen LogP contribution in [0.3, 0.4) is 0 Å². The van der Waals surface area contributed by atoms with Crippen LogP contribution in [0, 0.1) is 0 Å². The van der Waals surface area contributed by atoms with Crippen LogP contribution in [0.4, 0.5) is 5.95 Å². The second-order valence-electron chi connectivity index (χ2n) is 4.95. The van der Waals surface area contributed by atoms with Crippen LogP contribution in [0.1, 0.15) is 37.9 Å². The molecule has 0 bridgehead atoms. The Labute approximate surface area is 95.6 Å². The maximum absolute atomic E-state index is 4.62. The molecule has 1 unspecified atom stereocenters. The van der Waals surface area contributed by atoms with E-state index in [2.05, 4.69) is 32.3 Å². The molecule has 88 valence electrons. The quantitative estimate of drug-likeness (QED) is 0.778. The molecule has 0 spiro atoms. The van der Waals surface area contributed by atoms with Gasteiger partial charge in [0.15, 0.2) is 0 Å². The lowest BCUT2D eigenvalue weighted by Gasteiger charge is -2.30. The second-order valence-corrected chi connectivity index (χ2v) is 4.95. The smallest absolute Gasteiger partial charge is 0.244 e. The molecule has 2 aliphatic rings. The number of aromatic nitrogens is 3. The highest BCUT2D eigenvalue weighted by molar-refractivity contribution is 5.30. The lowest BCUT2D eigenvalue weighted by Crippen LogP contribution is -2.49. The predicted molar refractivity (Wildman–Crippen MR) is 62.7 cm³/mol. The molecule has 3 rings (SSSR count). The Morgan fingerprint density at radius 2 is 2.25 bits per heavy atom. The van der Waals surface area contributed by atoms with Crippen molar-refractivity contribution in [2.75, 3.05) is 24.5 Å². The Morgan fingerprint density at radius 3 is 2.94 bits per heavy atom. The van der Waals surface area contributed by atoms with Crippen LogP contribution in [0.2, 0.25) is 0 Å². The lowest BCUT2D eigenvalue weighted by atomic mass is 9.85. The van der Waals surface area contributed by atoms with E-state index in [4.69, 9.17) is 0 Å². The van der Waals surface area contributed by atoms with Crippen LogP contribution in [-0.4, -0.2) is 40.9 Å². The number of H-pyrrole nitrogens is 1. The molecular formula is C11H19N5. The predicted octanol–water partition coefficient (Wildman–Crippen LogP) is 0.870. The minimum atomic E-state index is 0.527. The highest BCUT2D eigenvalue weighted by Crippen LogP contribution is 2.34. The van der Waals surface area contributed by atoms with Gasteiger partial charge in [-0.1, -0.05) is 6.42 Å². The minimum Gasteiger partial charge on any atom is -0.337 e. The molecule has 2 fully saturated rings. The van der Waals surface area contributed by atoms with E-state index < -0.39 is 0 Å². The number of piperazine rings is 1. The number of rotatable bonds is 2. The van der Waals surface area contributed by atoms with Gasteiger partial charge in [0.05, 0.1) is 0 Å². The topological polar surface area (TPSA) is 56.8 Å². The van der Waals surface area contributed by atoms with Gasteiger partial charge in [0.1, 0.15) is 5.82 Å². The third kappa shape index (κ3) is 1.80. The number of anilines is 1. The Hall–Kier alpha value is -1.10. The summed E-state index contributed by atoms with van der Waals surface area (Å²) in [5, 5.41) is 10.9. The van der Waals surface area contributed by atoms with Gasteiger partial charge < -0.3 is 10.2 Å². The first-order chi connectivity index (χ1) is 7.83. The van der Waals surface area contributed by atoms with Crippen LogP contribution in [0.25, 0.3) is 0 Å². The van der Waals surface area contributed by atoms with Gasteiger partial charge in [-0.2, -0.15) is 4.98 Å². The fourth-order valence-electron chi connectivity index (χ4n) is 2.38. The maximum atomic E-state index is 4.62. The SMILES string of the molecule is CC1CN(c2n[nH]c(C3CCC3)n2)CCN1. The van der Waals surface area contributed by atoms with Crippen molar-refractivity contribution in [3.8, 4) is 0 Å². The summed E-state index contributed by atoms with van der Waals surface area (Å²) in [6, 6.07) is 0.527. The average molecular weight is 221 g/mol. The molecule has 5 heteroatoms. The highest BCUT2D eigenvalue weighted by Gasteiger charge is 2.25. The molecule has 2 N–H and O–H groups in total. The molecule has 1 aromatic rings. The molecule has 16 heavy (non-hydrogen) atoms. The Bertz CT molecular complexity index is 357. The summed E-state index contributed by atoms with van der Waals surface area (Å²) < 4.78 is 0. The summed E-state index contributed by atoms with van der Waals surface area (Å²) in [6.07, 6.45) is 3.88. The van der Waals surface area contributed by atoms with Crippen LogP contribution in [0.5, 0.6) is 0 Å². The minimum absolute atomic E-state index is 0.527. The number of nitrogens with zero attached hydrogens (tertiary/aromatic N) is 3. The second kappa shape index (κ2) is 4.05. The molecule has 0 radical (unpaired) electrons. The van der Waals surface area contributed by atoms with E-state index in [0.717, 1.165) is 31.4 Å². The maximum Gasteiger partial charge on any atom is 0.244 e. The third-order valence-electron chi connectivity index (χ3n) is 3.63. The van der Waals surface area contributed by atoms with E-state index in [-0.39, 0.29) is 0 Å². The Kier molecular flexibility index (Phi) is 2.55. The van der Waals surface area contributed by atoms with E-state index in [1.54, 1.807) is 0 Å². The highest BCUT2D eigenvalue weighted by atomic mass is 15.4. The molecule has 1 aromatic heterocycles. The molecule has 2 heterocycles. The normalized spacial score (nSPS) is 26.8. The summed E-state index contributed by atoms with van der Waals surface area (Å²) in [6.45, 7) is 5.23. The fourth-order valence-corrected chi connectivity index (χ4v) is 2.38. The number of aromatic amines is 1. The molecule has 0 aromatic carbocycles. The summed E-state index contributed by atoms with van der Waals surface area (Å²) in [5.41, 5.74) is 0. The first-order valence-corrected chi connectivity index (χ1v) is 6.23. The molecule has 5 nitrogen and oxygen atoms in total. The van der Waals surface area contributed by atoms with Crippen molar-refractivity contribution < 1.29 is 0 Å². The van der Waals surface area contributed by atoms with Crippen LogP contribution in [0.15, 0.2) is 0 Å². The first-order valence-electron chi connectivity index (χ1n) is 6.23. The number of hydrogen-bond acceptors (Lipinski definition) is 4. The van der Waals surface area contributed by atoms with Crippen molar-refractivity contribution in [1.29, 1.82) is 0 Å². The van der Waals surface area contributed by atoms with Gasteiger partial charge in [-0.25, -0.2) is 0 Å². The molecule has 1 aliphatic heterocycles. The zero-order chi connectivity index (χ0) is 11.0. The molecule has 1 atom stereocenters. The molecule has 1 aliphatic carbocycles.